The fourth-order valence-electron chi connectivity index (χ4n) is 1.86. The number of carboxylic acids is 1. The first-order chi connectivity index (χ1) is 10.1. The molecule has 0 radical (unpaired) electrons. The number of carbonyl (C=O) groups is 1. The molecule has 0 bridgehead atoms. The number of aromatic carboxylic acids is 1. The van der Waals surface area contributed by atoms with Crippen molar-refractivity contribution in [1.82, 2.24) is 9.97 Å². The highest BCUT2D eigenvalue weighted by atomic mass is 35.5. The van der Waals surface area contributed by atoms with Gasteiger partial charge in [-0.05, 0) is 24.3 Å². The number of nitrogens with zero attached hydrogens (tertiary/aromatic N) is 2. The van der Waals surface area contributed by atoms with E-state index in [0.717, 1.165) is 0 Å². The van der Waals surface area contributed by atoms with Crippen LogP contribution in [0.2, 0.25) is 5.15 Å². The number of carboxylic acid groups (broad SMARTS) is 1. The van der Waals surface area contributed by atoms with Gasteiger partial charge in [0.1, 0.15) is 11.3 Å². The van der Waals surface area contributed by atoms with E-state index in [1.165, 1.54) is 12.1 Å². The van der Waals surface area contributed by atoms with Crippen molar-refractivity contribution in [3.05, 3.63) is 59.2 Å². The zero-order valence-corrected chi connectivity index (χ0v) is 11.4. The molecule has 1 heterocycles. The number of ether oxygens (including phenoxy) is 1. The summed E-state index contributed by atoms with van der Waals surface area (Å²) in [5.74, 6) is -0.851. The van der Waals surface area contributed by atoms with Crippen LogP contribution in [-0.4, -0.2) is 21.0 Å². The molecule has 0 amide bonds. The molecule has 0 spiro atoms. The van der Waals surface area contributed by atoms with Crippen molar-refractivity contribution in [2.45, 2.75) is 0 Å². The molecule has 3 aromatic rings. The molecule has 0 aliphatic heterocycles. The SMILES string of the molecule is O=C(O)c1ccccc1Oc1nc2ccccc2nc1Cl. The van der Waals surface area contributed by atoms with Gasteiger partial charge in [0.05, 0.1) is 11.0 Å². The molecule has 6 heteroatoms. The van der Waals surface area contributed by atoms with Gasteiger partial charge < -0.3 is 9.84 Å². The first-order valence-corrected chi connectivity index (χ1v) is 6.45. The Bertz CT molecular complexity index is 836. The van der Waals surface area contributed by atoms with Crippen molar-refractivity contribution >= 4 is 28.6 Å². The van der Waals surface area contributed by atoms with Crippen LogP contribution < -0.4 is 4.74 Å². The number of rotatable bonds is 3. The Morgan fingerprint density at radius 1 is 1.00 bits per heavy atom. The molecule has 5 nitrogen and oxygen atoms in total. The predicted octanol–water partition coefficient (Wildman–Crippen LogP) is 3.77. The fraction of sp³-hybridized carbons (Fsp3) is 0. The van der Waals surface area contributed by atoms with Crippen LogP contribution in [0.15, 0.2) is 48.5 Å². The number of hydrogen-bond donors (Lipinski definition) is 1. The average Bonchev–Trinajstić information content (AvgIpc) is 2.48. The molecule has 104 valence electrons. The Balaban J connectivity index is 2.06. The molecule has 1 N–H and O–H groups in total. The largest absolute Gasteiger partial charge is 0.478 e. The summed E-state index contributed by atoms with van der Waals surface area (Å²) in [6.07, 6.45) is 0. The summed E-state index contributed by atoms with van der Waals surface area (Å²) in [6.45, 7) is 0. The van der Waals surface area contributed by atoms with E-state index in [0.29, 0.717) is 11.0 Å². The summed E-state index contributed by atoms with van der Waals surface area (Å²) < 4.78 is 5.52. The van der Waals surface area contributed by atoms with Crippen molar-refractivity contribution in [1.29, 1.82) is 0 Å². The summed E-state index contributed by atoms with van der Waals surface area (Å²) in [4.78, 5) is 19.6. The monoisotopic (exact) mass is 300 g/mol. The Hall–Kier alpha value is -2.66. The minimum absolute atomic E-state index is 0.0310. The zero-order valence-electron chi connectivity index (χ0n) is 10.7. The Morgan fingerprint density at radius 3 is 2.33 bits per heavy atom. The van der Waals surface area contributed by atoms with Crippen molar-refractivity contribution in [3.63, 3.8) is 0 Å². The normalized spacial score (nSPS) is 10.5. The summed E-state index contributed by atoms with van der Waals surface area (Å²) >= 11 is 6.04. The number of fused-ring (bicyclic) bond motifs is 1. The highest BCUT2D eigenvalue weighted by Gasteiger charge is 2.14. The van der Waals surface area contributed by atoms with E-state index in [-0.39, 0.29) is 22.3 Å². The van der Waals surface area contributed by atoms with Crippen molar-refractivity contribution in [2.75, 3.05) is 0 Å². The number of aromatic nitrogens is 2. The van der Waals surface area contributed by atoms with Gasteiger partial charge in [-0.1, -0.05) is 35.9 Å². The minimum Gasteiger partial charge on any atom is -0.478 e. The fourth-order valence-corrected chi connectivity index (χ4v) is 2.04. The molecule has 0 saturated heterocycles. The first-order valence-electron chi connectivity index (χ1n) is 6.07. The quantitative estimate of drug-likeness (QED) is 0.797. The van der Waals surface area contributed by atoms with Crippen molar-refractivity contribution in [3.8, 4) is 11.6 Å². The van der Waals surface area contributed by atoms with Crippen LogP contribution in [0.3, 0.4) is 0 Å². The number of halogens is 1. The van der Waals surface area contributed by atoms with Crippen LogP contribution >= 0.6 is 11.6 Å². The summed E-state index contributed by atoms with van der Waals surface area (Å²) in [6, 6.07) is 13.5. The van der Waals surface area contributed by atoms with E-state index >= 15 is 0 Å². The molecule has 21 heavy (non-hydrogen) atoms. The molecule has 1 aromatic heterocycles. The lowest BCUT2D eigenvalue weighted by atomic mass is 10.2. The lowest BCUT2D eigenvalue weighted by Gasteiger charge is -2.09. The van der Waals surface area contributed by atoms with Gasteiger partial charge in [-0.25, -0.2) is 14.8 Å². The summed E-state index contributed by atoms with van der Waals surface area (Å²) in [7, 11) is 0. The van der Waals surface area contributed by atoms with E-state index in [4.69, 9.17) is 21.4 Å². The van der Waals surface area contributed by atoms with Crippen LogP contribution in [0.4, 0.5) is 0 Å². The van der Waals surface area contributed by atoms with Gasteiger partial charge in [0.2, 0.25) is 0 Å². The number of benzene rings is 2. The molecule has 0 saturated carbocycles. The van der Waals surface area contributed by atoms with Crippen LogP contribution in [0.25, 0.3) is 11.0 Å². The van der Waals surface area contributed by atoms with Gasteiger partial charge in [0, 0.05) is 0 Å². The third-order valence-electron chi connectivity index (χ3n) is 2.82. The number of para-hydroxylation sites is 3. The summed E-state index contributed by atoms with van der Waals surface area (Å²) in [5.41, 5.74) is 1.29. The molecular weight excluding hydrogens is 292 g/mol. The van der Waals surface area contributed by atoms with Gasteiger partial charge in [-0.15, -0.1) is 0 Å². The second-order valence-electron chi connectivity index (χ2n) is 4.21. The van der Waals surface area contributed by atoms with Gasteiger partial charge in [-0.3, -0.25) is 0 Å². The van der Waals surface area contributed by atoms with Crippen molar-refractivity contribution < 1.29 is 14.6 Å². The van der Waals surface area contributed by atoms with Crippen molar-refractivity contribution in [2.24, 2.45) is 0 Å². The maximum absolute atomic E-state index is 11.2. The molecule has 0 atom stereocenters. The molecule has 0 aliphatic carbocycles. The van der Waals surface area contributed by atoms with Crippen LogP contribution in [0.1, 0.15) is 10.4 Å². The van der Waals surface area contributed by atoms with E-state index in [2.05, 4.69) is 9.97 Å². The van der Waals surface area contributed by atoms with Crippen LogP contribution in [0.5, 0.6) is 11.6 Å². The van der Waals surface area contributed by atoms with E-state index in [1.807, 2.05) is 12.1 Å². The lowest BCUT2D eigenvalue weighted by Crippen LogP contribution is -2.01. The number of hydrogen-bond acceptors (Lipinski definition) is 4. The van der Waals surface area contributed by atoms with E-state index in [9.17, 15) is 4.79 Å². The lowest BCUT2D eigenvalue weighted by molar-refractivity contribution is 0.0694. The predicted molar refractivity (Wildman–Crippen MR) is 78.0 cm³/mol. The third kappa shape index (κ3) is 2.64. The molecular formula is C15H9ClN2O3. The second kappa shape index (κ2) is 5.38. The van der Waals surface area contributed by atoms with Gasteiger partial charge >= 0.3 is 5.97 Å². The summed E-state index contributed by atoms with van der Waals surface area (Å²) in [5, 5.41) is 9.21. The molecule has 0 fully saturated rings. The molecule has 2 aromatic carbocycles. The Morgan fingerprint density at radius 2 is 1.62 bits per heavy atom. The third-order valence-corrected chi connectivity index (χ3v) is 3.07. The maximum atomic E-state index is 11.2. The zero-order chi connectivity index (χ0) is 14.8. The molecule has 0 aliphatic rings. The van der Waals surface area contributed by atoms with Gasteiger partial charge in [-0.2, -0.15) is 0 Å². The average molecular weight is 301 g/mol. The highest BCUT2D eigenvalue weighted by Crippen LogP contribution is 2.29. The Labute approximate surface area is 124 Å². The highest BCUT2D eigenvalue weighted by molar-refractivity contribution is 6.31. The van der Waals surface area contributed by atoms with Gasteiger partial charge in [0.15, 0.2) is 5.15 Å². The molecule has 0 unspecified atom stereocenters. The van der Waals surface area contributed by atoms with Crippen LogP contribution in [-0.2, 0) is 0 Å². The van der Waals surface area contributed by atoms with E-state index < -0.39 is 5.97 Å². The smallest absolute Gasteiger partial charge is 0.339 e. The van der Waals surface area contributed by atoms with E-state index in [1.54, 1.807) is 24.3 Å². The first kappa shape index (κ1) is 13.3. The maximum Gasteiger partial charge on any atom is 0.339 e. The van der Waals surface area contributed by atoms with Crippen LogP contribution in [0, 0.1) is 0 Å². The topological polar surface area (TPSA) is 72.3 Å². The Kier molecular flexibility index (Phi) is 3.41. The van der Waals surface area contributed by atoms with Gasteiger partial charge in [0.25, 0.3) is 5.88 Å². The minimum atomic E-state index is -1.09. The molecule has 3 rings (SSSR count). The standard InChI is InChI=1S/C15H9ClN2O3/c16-13-14(18-11-7-3-2-6-10(11)17-13)21-12-8-4-1-5-9(12)15(19)20/h1-8H,(H,19,20). The second-order valence-corrected chi connectivity index (χ2v) is 4.57.